The molecule has 1 aromatic heterocycles. The summed E-state index contributed by atoms with van der Waals surface area (Å²) in [6, 6.07) is 8.44. The van der Waals surface area contributed by atoms with Crippen LogP contribution in [0.1, 0.15) is 58.0 Å². The van der Waals surface area contributed by atoms with Gasteiger partial charge in [-0.1, -0.05) is 28.9 Å². The van der Waals surface area contributed by atoms with Crippen molar-refractivity contribution in [2.24, 2.45) is 0 Å². The molecule has 4 rings (SSSR count). The average molecular weight is 444 g/mol. The van der Waals surface area contributed by atoms with Gasteiger partial charge in [-0.3, -0.25) is 4.90 Å². The lowest BCUT2D eigenvalue weighted by Gasteiger charge is -2.27. The normalized spacial score (nSPS) is 17.6. The molecule has 6 heteroatoms. The maximum absolute atomic E-state index is 12.7. The zero-order valence-corrected chi connectivity index (χ0v) is 18.4. The molecule has 1 fully saturated rings. The summed E-state index contributed by atoms with van der Waals surface area (Å²) in [4.78, 5) is 22.9. The van der Waals surface area contributed by atoms with E-state index in [1.54, 1.807) is 0 Å². The van der Waals surface area contributed by atoms with E-state index in [0.29, 0.717) is 6.54 Å². The van der Waals surface area contributed by atoms with Gasteiger partial charge in [-0.05, 0) is 69.2 Å². The van der Waals surface area contributed by atoms with E-state index in [2.05, 4.69) is 52.1 Å². The van der Waals surface area contributed by atoms with Crippen molar-refractivity contribution in [2.45, 2.75) is 58.6 Å². The summed E-state index contributed by atoms with van der Waals surface area (Å²) in [5.41, 5.74) is 2.77. The number of carbonyl (C=O) groups excluding carboxylic acids is 1. The van der Waals surface area contributed by atoms with Gasteiger partial charge in [-0.15, -0.1) is 0 Å². The summed E-state index contributed by atoms with van der Waals surface area (Å²) >= 11 is 3.58. The number of hydrogen-bond donors (Lipinski definition) is 1. The summed E-state index contributed by atoms with van der Waals surface area (Å²) in [7, 11) is 0. The summed E-state index contributed by atoms with van der Waals surface area (Å²) in [5.74, 6) is 0.843. The van der Waals surface area contributed by atoms with E-state index in [4.69, 9.17) is 9.72 Å². The van der Waals surface area contributed by atoms with Gasteiger partial charge in [0.25, 0.3) is 0 Å². The van der Waals surface area contributed by atoms with Gasteiger partial charge in [0.1, 0.15) is 11.4 Å². The lowest BCUT2D eigenvalue weighted by Crippen LogP contribution is -2.36. The van der Waals surface area contributed by atoms with Crippen LogP contribution in [0.4, 0.5) is 4.79 Å². The number of carbonyl (C=O) groups is 1. The number of imidazole rings is 1. The van der Waals surface area contributed by atoms with Crippen LogP contribution in [-0.4, -0.2) is 33.1 Å². The van der Waals surface area contributed by atoms with Crippen molar-refractivity contribution >= 4 is 43.8 Å². The Morgan fingerprint density at radius 3 is 2.82 bits per heavy atom. The highest BCUT2D eigenvalue weighted by molar-refractivity contribution is 9.10. The van der Waals surface area contributed by atoms with Crippen LogP contribution in [0.3, 0.4) is 0 Å². The van der Waals surface area contributed by atoms with Crippen LogP contribution in [0.5, 0.6) is 0 Å². The number of aromatic amines is 1. The number of fused-ring (bicyclic) bond motifs is 3. The second-order valence-corrected chi connectivity index (χ2v) is 9.34. The number of rotatable bonds is 2. The second kappa shape index (κ2) is 7.07. The molecular weight excluding hydrogens is 418 g/mol. The molecule has 1 aliphatic rings. The molecule has 0 saturated carbocycles. The smallest absolute Gasteiger partial charge is 0.410 e. The third kappa shape index (κ3) is 3.50. The Hall–Kier alpha value is -2.08. The van der Waals surface area contributed by atoms with Crippen molar-refractivity contribution in [3.05, 3.63) is 40.1 Å². The number of nitrogens with zero attached hydrogens (tertiary/aromatic N) is 2. The fourth-order valence-electron chi connectivity index (χ4n) is 4.00. The summed E-state index contributed by atoms with van der Waals surface area (Å²) in [5, 5.41) is 2.36. The van der Waals surface area contributed by atoms with Gasteiger partial charge in [-0.25, -0.2) is 9.78 Å². The highest BCUT2D eigenvalue weighted by Gasteiger charge is 2.35. The van der Waals surface area contributed by atoms with Crippen molar-refractivity contribution in [1.82, 2.24) is 14.9 Å². The predicted octanol–water partition coefficient (Wildman–Crippen LogP) is 6.11. The number of halogens is 1. The van der Waals surface area contributed by atoms with Crippen LogP contribution in [-0.2, 0) is 11.2 Å². The average Bonchev–Trinajstić information content (AvgIpc) is 3.25. The summed E-state index contributed by atoms with van der Waals surface area (Å²) in [6.45, 7) is 8.56. The van der Waals surface area contributed by atoms with Crippen molar-refractivity contribution in [1.29, 1.82) is 0 Å². The molecular formula is C22H26BrN3O2. The lowest BCUT2D eigenvalue weighted by molar-refractivity contribution is 0.0219. The number of benzene rings is 2. The molecule has 1 saturated heterocycles. The van der Waals surface area contributed by atoms with Crippen molar-refractivity contribution < 1.29 is 9.53 Å². The van der Waals surface area contributed by atoms with Crippen molar-refractivity contribution in [3.63, 3.8) is 0 Å². The number of likely N-dealkylation sites (tertiary alicyclic amines) is 1. The van der Waals surface area contributed by atoms with E-state index < -0.39 is 5.60 Å². The first-order valence-electron chi connectivity index (χ1n) is 9.87. The minimum atomic E-state index is -0.502. The van der Waals surface area contributed by atoms with E-state index in [9.17, 15) is 4.79 Å². The van der Waals surface area contributed by atoms with E-state index in [1.807, 2.05) is 25.7 Å². The molecule has 0 radical (unpaired) electrons. The third-order valence-electron chi connectivity index (χ3n) is 5.23. The second-order valence-electron chi connectivity index (χ2n) is 8.43. The van der Waals surface area contributed by atoms with Crippen molar-refractivity contribution in [2.75, 3.05) is 6.54 Å². The Kier molecular flexibility index (Phi) is 4.86. The first-order chi connectivity index (χ1) is 13.3. The maximum atomic E-state index is 12.7. The standard InChI is InChI=1S/C22H26BrN3O2/c1-5-13-11-17-19(15-9-8-14(23)12-16(13)15)25-20(24-17)18-7-6-10-26(18)21(27)28-22(2,3)4/h8-9,11-12,18H,5-7,10H2,1-4H3,(H,24,25)/t18-/m0/s1. The minimum Gasteiger partial charge on any atom is -0.444 e. The van der Waals surface area contributed by atoms with E-state index in [1.165, 1.54) is 10.9 Å². The molecule has 5 nitrogen and oxygen atoms in total. The maximum Gasteiger partial charge on any atom is 0.410 e. The minimum absolute atomic E-state index is 0.0715. The Balaban J connectivity index is 1.77. The Bertz CT molecular complexity index is 1050. The first-order valence-corrected chi connectivity index (χ1v) is 10.7. The van der Waals surface area contributed by atoms with Crippen LogP contribution < -0.4 is 0 Å². The third-order valence-corrected chi connectivity index (χ3v) is 5.72. The number of aryl methyl sites for hydroxylation is 1. The van der Waals surface area contributed by atoms with E-state index in [-0.39, 0.29) is 12.1 Å². The molecule has 1 atom stereocenters. The van der Waals surface area contributed by atoms with Crippen LogP contribution in [0.25, 0.3) is 21.8 Å². The van der Waals surface area contributed by atoms with Crippen LogP contribution >= 0.6 is 15.9 Å². The molecule has 1 amide bonds. The van der Waals surface area contributed by atoms with Crippen molar-refractivity contribution in [3.8, 4) is 0 Å². The number of amides is 1. The first kappa shape index (κ1) is 19.2. The number of hydrogen-bond acceptors (Lipinski definition) is 3. The summed E-state index contributed by atoms with van der Waals surface area (Å²) < 4.78 is 6.67. The molecule has 0 aliphatic carbocycles. The van der Waals surface area contributed by atoms with Gasteiger partial charge in [-0.2, -0.15) is 0 Å². The topological polar surface area (TPSA) is 58.2 Å². The molecule has 1 aliphatic heterocycles. The highest BCUT2D eigenvalue weighted by Crippen LogP contribution is 2.35. The largest absolute Gasteiger partial charge is 0.444 e. The highest BCUT2D eigenvalue weighted by atomic mass is 79.9. The molecule has 0 spiro atoms. The molecule has 2 heterocycles. The van der Waals surface area contributed by atoms with Gasteiger partial charge in [0.15, 0.2) is 0 Å². The molecule has 148 valence electrons. The number of ether oxygens (including phenoxy) is 1. The van der Waals surface area contributed by atoms with Gasteiger partial charge < -0.3 is 9.72 Å². The molecule has 0 unspecified atom stereocenters. The van der Waals surface area contributed by atoms with Gasteiger partial charge in [0.2, 0.25) is 0 Å². The van der Waals surface area contributed by atoms with E-state index >= 15 is 0 Å². The Labute approximate surface area is 173 Å². The fraction of sp³-hybridized carbons (Fsp3) is 0.455. The van der Waals surface area contributed by atoms with Gasteiger partial charge in [0.05, 0.1) is 17.1 Å². The predicted molar refractivity (Wildman–Crippen MR) is 116 cm³/mol. The van der Waals surface area contributed by atoms with E-state index in [0.717, 1.165) is 46.0 Å². The zero-order valence-electron chi connectivity index (χ0n) is 16.8. The Morgan fingerprint density at radius 2 is 2.11 bits per heavy atom. The molecule has 2 aromatic carbocycles. The zero-order chi connectivity index (χ0) is 20.1. The van der Waals surface area contributed by atoms with Crippen LogP contribution in [0, 0.1) is 0 Å². The van der Waals surface area contributed by atoms with Gasteiger partial charge in [0, 0.05) is 16.4 Å². The SMILES string of the molecule is CCc1cc2[nH]c([C@@H]3CCCN3C(=O)OC(C)(C)C)nc2c2ccc(Br)cc12. The fourth-order valence-corrected chi connectivity index (χ4v) is 4.36. The Morgan fingerprint density at radius 1 is 1.32 bits per heavy atom. The number of nitrogens with one attached hydrogen (secondary N) is 1. The quantitative estimate of drug-likeness (QED) is 0.519. The summed E-state index contributed by atoms with van der Waals surface area (Å²) in [6.07, 6.45) is 2.53. The van der Waals surface area contributed by atoms with Crippen LogP contribution in [0.2, 0.25) is 0 Å². The molecule has 3 aromatic rings. The monoisotopic (exact) mass is 443 g/mol. The van der Waals surface area contributed by atoms with Gasteiger partial charge >= 0.3 is 6.09 Å². The number of H-pyrrole nitrogens is 1. The molecule has 0 bridgehead atoms. The molecule has 28 heavy (non-hydrogen) atoms. The lowest BCUT2D eigenvalue weighted by atomic mass is 10.0. The van der Waals surface area contributed by atoms with Crippen LogP contribution in [0.15, 0.2) is 28.7 Å². The number of aromatic nitrogens is 2. The molecule has 1 N–H and O–H groups in total.